The van der Waals surface area contributed by atoms with Crippen molar-refractivity contribution in [2.45, 2.75) is 25.7 Å². The van der Waals surface area contributed by atoms with Crippen LogP contribution in [0.4, 0.5) is 0 Å². The SMILES string of the molecule is CC(C)c1ccc([C@@H]2C(C#N)=C(N)Oc3n[nH]c(-c4ccc(Cl)cc4)c32)cc1. The summed E-state index contributed by atoms with van der Waals surface area (Å²) in [4.78, 5) is 0. The molecule has 0 bridgehead atoms. The van der Waals surface area contributed by atoms with Gasteiger partial charge in [0.2, 0.25) is 11.8 Å². The van der Waals surface area contributed by atoms with Crippen LogP contribution in [0.5, 0.6) is 5.88 Å². The molecule has 6 heteroatoms. The number of fused-ring (bicyclic) bond motifs is 1. The largest absolute Gasteiger partial charge is 0.420 e. The lowest BCUT2D eigenvalue weighted by molar-refractivity contribution is 0.379. The van der Waals surface area contributed by atoms with Gasteiger partial charge in [-0.3, -0.25) is 5.10 Å². The Balaban J connectivity index is 1.89. The lowest BCUT2D eigenvalue weighted by Gasteiger charge is -2.24. The Hall–Kier alpha value is -3.23. The number of nitrogens with one attached hydrogen (secondary N) is 1. The van der Waals surface area contributed by atoms with E-state index >= 15 is 0 Å². The molecule has 0 radical (unpaired) electrons. The highest BCUT2D eigenvalue weighted by Gasteiger charge is 2.35. The number of hydrogen-bond acceptors (Lipinski definition) is 4. The number of H-pyrrole nitrogens is 1. The monoisotopic (exact) mass is 390 g/mol. The third kappa shape index (κ3) is 3.02. The first-order chi connectivity index (χ1) is 13.5. The molecule has 28 heavy (non-hydrogen) atoms. The van der Waals surface area contributed by atoms with Crippen molar-refractivity contribution in [1.82, 2.24) is 10.2 Å². The van der Waals surface area contributed by atoms with E-state index in [2.05, 4.69) is 42.2 Å². The standard InChI is InChI=1S/C22H19ClN4O/c1-12(2)13-3-5-14(6-4-13)18-17(11-24)21(25)28-22-19(18)20(26-27-22)15-7-9-16(23)10-8-15/h3-10,12,18H,25H2,1-2H3,(H,26,27)/t18-/m1/s1. The summed E-state index contributed by atoms with van der Waals surface area (Å²) in [5.41, 5.74) is 11.1. The fraction of sp³-hybridized carbons (Fsp3) is 0.182. The molecule has 2 heterocycles. The molecule has 0 fully saturated rings. The van der Waals surface area contributed by atoms with Gasteiger partial charge in [-0.25, -0.2) is 0 Å². The van der Waals surface area contributed by atoms with Gasteiger partial charge in [0.1, 0.15) is 11.6 Å². The van der Waals surface area contributed by atoms with Gasteiger partial charge in [-0.1, -0.05) is 61.8 Å². The zero-order valence-corrected chi connectivity index (χ0v) is 16.3. The first kappa shape index (κ1) is 18.1. The molecule has 0 saturated heterocycles. The fourth-order valence-corrected chi connectivity index (χ4v) is 3.61. The topological polar surface area (TPSA) is 87.7 Å². The van der Waals surface area contributed by atoms with Crippen LogP contribution in [-0.4, -0.2) is 10.2 Å². The molecule has 2 aromatic carbocycles. The van der Waals surface area contributed by atoms with Crippen LogP contribution in [0.2, 0.25) is 5.02 Å². The van der Waals surface area contributed by atoms with Crippen molar-refractivity contribution < 1.29 is 4.74 Å². The summed E-state index contributed by atoms with van der Waals surface area (Å²) in [6, 6.07) is 17.9. The number of benzene rings is 2. The molecule has 1 aliphatic rings. The summed E-state index contributed by atoms with van der Waals surface area (Å²) >= 11 is 6.03. The number of nitrogens with two attached hydrogens (primary N) is 1. The molecule has 5 nitrogen and oxygen atoms in total. The number of aromatic amines is 1. The van der Waals surface area contributed by atoms with Crippen molar-refractivity contribution in [3.05, 3.63) is 81.7 Å². The van der Waals surface area contributed by atoms with Gasteiger partial charge >= 0.3 is 0 Å². The summed E-state index contributed by atoms with van der Waals surface area (Å²) in [5.74, 6) is 0.537. The minimum atomic E-state index is -0.362. The summed E-state index contributed by atoms with van der Waals surface area (Å²) in [6.07, 6.45) is 0. The maximum absolute atomic E-state index is 9.78. The molecule has 0 unspecified atom stereocenters. The minimum Gasteiger partial charge on any atom is -0.420 e. The molecule has 1 atom stereocenters. The van der Waals surface area contributed by atoms with Crippen molar-refractivity contribution >= 4 is 11.6 Å². The van der Waals surface area contributed by atoms with Gasteiger partial charge in [-0.15, -0.1) is 5.10 Å². The van der Waals surface area contributed by atoms with Gasteiger partial charge in [-0.05, 0) is 29.2 Å². The van der Waals surface area contributed by atoms with E-state index in [1.54, 1.807) is 0 Å². The third-order valence-electron chi connectivity index (χ3n) is 5.01. The molecule has 140 valence electrons. The van der Waals surface area contributed by atoms with Crippen molar-refractivity contribution in [3.8, 4) is 23.2 Å². The smallest absolute Gasteiger partial charge is 0.244 e. The number of halogens is 1. The molecule has 0 amide bonds. The van der Waals surface area contributed by atoms with Crippen LogP contribution in [0.3, 0.4) is 0 Å². The summed E-state index contributed by atoms with van der Waals surface area (Å²) in [5, 5.41) is 17.8. The van der Waals surface area contributed by atoms with Gasteiger partial charge in [0.15, 0.2) is 0 Å². The Morgan fingerprint density at radius 2 is 1.82 bits per heavy atom. The second kappa shape index (κ2) is 7.06. The average molecular weight is 391 g/mol. The van der Waals surface area contributed by atoms with Crippen LogP contribution in [0.15, 0.2) is 60.0 Å². The van der Waals surface area contributed by atoms with Gasteiger partial charge in [0, 0.05) is 10.6 Å². The molecule has 0 aliphatic carbocycles. The number of aromatic nitrogens is 2. The number of nitrogens with zero attached hydrogens (tertiary/aromatic N) is 2. The lowest BCUT2D eigenvalue weighted by atomic mass is 9.82. The average Bonchev–Trinajstić information content (AvgIpc) is 3.10. The fourth-order valence-electron chi connectivity index (χ4n) is 3.49. The van der Waals surface area contributed by atoms with Crippen molar-refractivity contribution in [3.63, 3.8) is 0 Å². The highest BCUT2D eigenvalue weighted by Crippen LogP contribution is 2.45. The summed E-state index contributed by atoms with van der Waals surface area (Å²) in [6.45, 7) is 4.30. The number of allylic oxidation sites excluding steroid dienone is 1. The van der Waals surface area contributed by atoms with Gasteiger partial charge in [0.05, 0.1) is 17.2 Å². The third-order valence-corrected chi connectivity index (χ3v) is 5.26. The number of rotatable bonds is 3. The van der Waals surface area contributed by atoms with Crippen LogP contribution in [0.25, 0.3) is 11.3 Å². The van der Waals surface area contributed by atoms with Crippen LogP contribution >= 0.6 is 11.6 Å². The zero-order chi connectivity index (χ0) is 19.8. The Kier molecular flexibility index (Phi) is 4.58. The Morgan fingerprint density at radius 3 is 2.43 bits per heavy atom. The molecule has 1 aromatic heterocycles. The number of hydrogen-bond donors (Lipinski definition) is 2. The lowest BCUT2D eigenvalue weighted by Crippen LogP contribution is -2.21. The second-order valence-corrected chi connectivity index (χ2v) is 7.51. The molecule has 0 saturated carbocycles. The van der Waals surface area contributed by atoms with E-state index < -0.39 is 0 Å². The Bertz CT molecular complexity index is 1090. The molecule has 1 aliphatic heterocycles. The minimum absolute atomic E-state index is 0.0853. The Morgan fingerprint density at radius 1 is 1.14 bits per heavy atom. The molecule has 4 rings (SSSR count). The maximum Gasteiger partial charge on any atom is 0.244 e. The van der Waals surface area contributed by atoms with E-state index in [4.69, 9.17) is 22.1 Å². The van der Waals surface area contributed by atoms with Gasteiger partial charge in [-0.2, -0.15) is 5.26 Å². The van der Waals surface area contributed by atoms with Crippen LogP contribution in [0, 0.1) is 11.3 Å². The number of ether oxygens (including phenoxy) is 1. The summed E-state index contributed by atoms with van der Waals surface area (Å²) in [7, 11) is 0. The molecular formula is C22H19ClN4O. The molecule has 3 aromatic rings. The van der Waals surface area contributed by atoms with E-state index in [1.807, 2.05) is 36.4 Å². The van der Waals surface area contributed by atoms with Crippen molar-refractivity contribution in [2.24, 2.45) is 5.73 Å². The first-order valence-electron chi connectivity index (χ1n) is 9.01. The normalized spacial score (nSPS) is 15.9. The van der Waals surface area contributed by atoms with E-state index in [0.717, 1.165) is 22.4 Å². The maximum atomic E-state index is 9.78. The highest BCUT2D eigenvalue weighted by atomic mass is 35.5. The predicted octanol–water partition coefficient (Wildman–Crippen LogP) is 5.07. The van der Waals surface area contributed by atoms with E-state index in [1.165, 1.54) is 5.56 Å². The van der Waals surface area contributed by atoms with E-state index in [-0.39, 0.29) is 11.8 Å². The molecule has 0 spiro atoms. The Labute approximate surface area is 168 Å². The van der Waals surface area contributed by atoms with Crippen molar-refractivity contribution in [2.75, 3.05) is 0 Å². The zero-order valence-electron chi connectivity index (χ0n) is 15.5. The van der Waals surface area contributed by atoms with E-state index in [0.29, 0.717) is 22.4 Å². The van der Waals surface area contributed by atoms with Crippen LogP contribution < -0.4 is 10.5 Å². The highest BCUT2D eigenvalue weighted by molar-refractivity contribution is 6.30. The van der Waals surface area contributed by atoms with Gasteiger partial charge < -0.3 is 10.5 Å². The summed E-state index contributed by atoms with van der Waals surface area (Å²) < 4.78 is 5.64. The first-order valence-corrected chi connectivity index (χ1v) is 9.39. The second-order valence-electron chi connectivity index (χ2n) is 7.07. The van der Waals surface area contributed by atoms with Gasteiger partial charge in [0.25, 0.3) is 0 Å². The molecule has 3 N–H and O–H groups in total. The van der Waals surface area contributed by atoms with Crippen LogP contribution in [-0.2, 0) is 0 Å². The molecular weight excluding hydrogens is 372 g/mol. The quantitative estimate of drug-likeness (QED) is 0.653. The van der Waals surface area contributed by atoms with E-state index in [9.17, 15) is 5.26 Å². The van der Waals surface area contributed by atoms with Crippen LogP contribution in [0.1, 0.15) is 42.4 Å². The number of nitriles is 1. The predicted molar refractivity (Wildman–Crippen MR) is 109 cm³/mol. The van der Waals surface area contributed by atoms with Crippen molar-refractivity contribution in [1.29, 1.82) is 5.26 Å².